The van der Waals surface area contributed by atoms with E-state index >= 15 is 0 Å². The van der Waals surface area contributed by atoms with Crippen LogP contribution in [0.2, 0.25) is 25.7 Å². The van der Waals surface area contributed by atoms with Crippen molar-refractivity contribution < 1.29 is 4.84 Å². The third-order valence-corrected chi connectivity index (χ3v) is 6.89. The Bertz CT molecular complexity index is 1190. The summed E-state index contributed by atoms with van der Waals surface area (Å²) in [5.41, 5.74) is 5.86. The Morgan fingerprint density at radius 1 is 1.10 bits per heavy atom. The molecule has 0 fully saturated rings. The molecule has 0 bridgehead atoms. The van der Waals surface area contributed by atoms with Gasteiger partial charge in [0.1, 0.15) is 6.61 Å². The first-order valence-corrected chi connectivity index (χ1v) is 13.9. The molecule has 0 aliphatic heterocycles. The molecular weight excluding hydrogens is 388 g/mol. The van der Waals surface area contributed by atoms with E-state index in [4.69, 9.17) is 4.84 Å². The van der Waals surface area contributed by atoms with Gasteiger partial charge in [-0.3, -0.25) is 0 Å². The summed E-state index contributed by atoms with van der Waals surface area (Å²) in [5, 5.41) is 5.62. The minimum Gasteiger partial charge on any atom is -0.412 e. The first-order valence-electron chi connectivity index (χ1n) is 10.2. The van der Waals surface area contributed by atoms with Crippen LogP contribution >= 0.6 is 0 Å². The quantitative estimate of drug-likeness (QED) is 0.381. The topological polar surface area (TPSA) is 44.9 Å². The van der Waals surface area contributed by atoms with Gasteiger partial charge < -0.3 is 4.84 Å². The Morgan fingerprint density at radius 3 is 2.60 bits per heavy atom. The maximum Gasteiger partial charge on any atom is 0.177 e. The third kappa shape index (κ3) is 4.09. The van der Waals surface area contributed by atoms with Crippen LogP contribution in [0, 0.1) is 6.92 Å². The maximum absolute atomic E-state index is 6.10. The molecule has 0 aliphatic carbocycles. The average molecular weight is 417 g/mol. The van der Waals surface area contributed by atoms with Crippen molar-refractivity contribution in [1.82, 2.24) is 19.5 Å². The molecule has 3 aromatic heterocycles. The first-order chi connectivity index (χ1) is 14.3. The highest BCUT2D eigenvalue weighted by Gasteiger charge is 2.16. The molecule has 0 saturated carbocycles. The summed E-state index contributed by atoms with van der Waals surface area (Å²) < 4.78 is 3.74. The molecule has 6 heteroatoms. The van der Waals surface area contributed by atoms with Gasteiger partial charge in [-0.05, 0) is 36.2 Å². The van der Waals surface area contributed by atoms with Crippen LogP contribution in [-0.2, 0) is 0 Å². The zero-order valence-electron chi connectivity index (χ0n) is 18.1. The van der Waals surface area contributed by atoms with Gasteiger partial charge in [-0.2, -0.15) is 9.83 Å². The van der Waals surface area contributed by atoms with E-state index in [1.54, 1.807) is 0 Å². The summed E-state index contributed by atoms with van der Waals surface area (Å²) in [6, 6.07) is 15.4. The third-order valence-electron chi connectivity index (χ3n) is 5.18. The summed E-state index contributed by atoms with van der Waals surface area (Å²) in [7, 11) is -1.16. The van der Waals surface area contributed by atoms with Crippen molar-refractivity contribution in [3.63, 3.8) is 0 Å². The van der Waals surface area contributed by atoms with Crippen molar-refractivity contribution >= 4 is 24.7 Å². The van der Waals surface area contributed by atoms with E-state index in [9.17, 15) is 0 Å². The Morgan fingerprint density at radius 2 is 1.87 bits per heavy atom. The monoisotopic (exact) mass is 416 g/mol. The molecule has 154 valence electrons. The number of pyridine rings is 1. The van der Waals surface area contributed by atoms with Crippen LogP contribution in [0.1, 0.15) is 16.8 Å². The predicted molar refractivity (Wildman–Crippen MR) is 126 cm³/mol. The highest BCUT2D eigenvalue weighted by molar-refractivity contribution is 6.76. The lowest BCUT2D eigenvalue weighted by Crippen LogP contribution is -2.25. The summed E-state index contributed by atoms with van der Waals surface area (Å²) in [5.74, 6) is 0. The second-order valence-electron chi connectivity index (χ2n) is 8.81. The van der Waals surface area contributed by atoms with Crippen LogP contribution in [0.15, 0.2) is 67.6 Å². The SMILES string of the molecule is C=C(c1ccccc1)c1cnn(-c2ccnc3c2cc(C)n3OCC[Si](C)(C)C)c1. The van der Waals surface area contributed by atoms with Gasteiger partial charge in [0.2, 0.25) is 0 Å². The van der Waals surface area contributed by atoms with Crippen molar-refractivity contribution in [2.75, 3.05) is 6.61 Å². The minimum atomic E-state index is -1.16. The molecule has 5 nitrogen and oxygen atoms in total. The molecule has 0 atom stereocenters. The largest absolute Gasteiger partial charge is 0.412 e. The minimum absolute atomic E-state index is 0.703. The van der Waals surface area contributed by atoms with Crippen LogP contribution in [0.4, 0.5) is 0 Å². The lowest BCUT2D eigenvalue weighted by atomic mass is 10.0. The Labute approximate surface area is 178 Å². The number of aryl methyl sites for hydroxylation is 1. The summed E-state index contributed by atoms with van der Waals surface area (Å²) >= 11 is 0. The zero-order chi connectivity index (χ0) is 21.3. The highest BCUT2D eigenvalue weighted by atomic mass is 28.3. The van der Waals surface area contributed by atoms with Gasteiger partial charge in [-0.1, -0.05) is 56.6 Å². The van der Waals surface area contributed by atoms with Crippen LogP contribution in [0.25, 0.3) is 22.3 Å². The molecule has 4 rings (SSSR count). The molecule has 0 amide bonds. The van der Waals surface area contributed by atoms with Gasteiger partial charge >= 0.3 is 0 Å². The highest BCUT2D eigenvalue weighted by Crippen LogP contribution is 2.26. The number of hydrogen-bond donors (Lipinski definition) is 0. The van der Waals surface area contributed by atoms with E-state index < -0.39 is 8.07 Å². The smallest absolute Gasteiger partial charge is 0.177 e. The summed E-state index contributed by atoms with van der Waals surface area (Å²) in [6.07, 6.45) is 5.68. The number of fused-ring (bicyclic) bond motifs is 1. The predicted octanol–water partition coefficient (Wildman–Crippen LogP) is 5.36. The van der Waals surface area contributed by atoms with Crippen LogP contribution in [0.5, 0.6) is 0 Å². The first kappa shape index (κ1) is 20.2. The standard InChI is InChI=1S/C24H28N4OSi/c1-18-15-22-23(11-12-25-24(22)28(18)29-13-14-30(3,4)5)27-17-21(16-26-27)19(2)20-9-7-6-8-10-20/h6-12,15-17H,2,13-14H2,1,3-5H3. The van der Waals surface area contributed by atoms with Gasteiger partial charge in [0.15, 0.2) is 5.65 Å². The van der Waals surface area contributed by atoms with Crippen molar-refractivity contribution in [1.29, 1.82) is 0 Å². The van der Waals surface area contributed by atoms with Crippen LogP contribution in [-0.4, -0.2) is 34.2 Å². The van der Waals surface area contributed by atoms with Crippen molar-refractivity contribution in [3.05, 3.63) is 84.5 Å². The number of nitrogens with zero attached hydrogens (tertiary/aromatic N) is 4. The number of aromatic nitrogens is 4. The normalized spacial score (nSPS) is 11.7. The second-order valence-corrected chi connectivity index (χ2v) is 14.4. The molecule has 0 radical (unpaired) electrons. The average Bonchev–Trinajstić information content (AvgIpc) is 3.32. The van der Waals surface area contributed by atoms with Crippen LogP contribution in [0.3, 0.4) is 0 Å². The lowest BCUT2D eigenvalue weighted by molar-refractivity contribution is 0.126. The number of hydrogen-bond acceptors (Lipinski definition) is 3. The molecular formula is C24H28N4OSi. The molecule has 0 aliphatic rings. The van der Waals surface area contributed by atoms with E-state index in [0.717, 1.165) is 45.2 Å². The van der Waals surface area contributed by atoms with Crippen molar-refractivity contribution in [2.24, 2.45) is 0 Å². The van der Waals surface area contributed by atoms with Crippen molar-refractivity contribution in [2.45, 2.75) is 32.6 Å². The lowest BCUT2D eigenvalue weighted by Gasteiger charge is -2.17. The fourth-order valence-corrected chi connectivity index (χ4v) is 4.11. The Balaban J connectivity index is 1.65. The van der Waals surface area contributed by atoms with E-state index in [-0.39, 0.29) is 0 Å². The molecule has 4 aromatic rings. The maximum atomic E-state index is 6.10. The van der Waals surface area contributed by atoms with E-state index in [2.05, 4.69) is 54.5 Å². The number of benzene rings is 1. The van der Waals surface area contributed by atoms with Gasteiger partial charge in [0.05, 0.1) is 17.6 Å². The molecule has 0 spiro atoms. The fraction of sp³-hybridized carbons (Fsp3) is 0.250. The second kappa shape index (κ2) is 7.95. The molecule has 0 unspecified atom stereocenters. The van der Waals surface area contributed by atoms with E-state index in [0.29, 0.717) is 6.61 Å². The Kier molecular flexibility index (Phi) is 5.34. The van der Waals surface area contributed by atoms with E-state index in [1.165, 1.54) is 0 Å². The molecule has 1 aromatic carbocycles. The number of rotatable bonds is 7. The van der Waals surface area contributed by atoms with Crippen molar-refractivity contribution in [3.8, 4) is 5.69 Å². The molecule has 0 N–H and O–H groups in total. The zero-order valence-corrected chi connectivity index (χ0v) is 19.1. The fourth-order valence-electron chi connectivity index (χ4n) is 3.41. The summed E-state index contributed by atoms with van der Waals surface area (Å²) in [4.78, 5) is 10.7. The van der Waals surface area contributed by atoms with Gasteiger partial charge in [-0.25, -0.2) is 9.67 Å². The Hall–Kier alpha value is -3.12. The molecule has 3 heterocycles. The summed E-state index contributed by atoms with van der Waals surface area (Å²) in [6.45, 7) is 14.1. The molecule has 0 saturated heterocycles. The van der Waals surface area contributed by atoms with E-state index in [1.807, 2.05) is 59.2 Å². The van der Waals surface area contributed by atoms with Gasteiger partial charge in [0.25, 0.3) is 0 Å². The molecule has 30 heavy (non-hydrogen) atoms. The van der Waals surface area contributed by atoms with Crippen LogP contribution < -0.4 is 4.84 Å². The van der Waals surface area contributed by atoms with Gasteiger partial charge in [0, 0.05) is 31.4 Å². The van der Waals surface area contributed by atoms with Gasteiger partial charge in [-0.15, -0.1) is 0 Å².